The van der Waals surface area contributed by atoms with Crippen molar-refractivity contribution in [3.63, 3.8) is 0 Å². The number of rotatable bonds is 3. The van der Waals surface area contributed by atoms with Gasteiger partial charge in [-0.05, 0) is 59.6 Å². The Morgan fingerprint density at radius 3 is 2.53 bits per heavy atom. The van der Waals surface area contributed by atoms with Crippen molar-refractivity contribution in [2.75, 3.05) is 4.72 Å². The third-order valence-electron chi connectivity index (χ3n) is 2.49. The van der Waals surface area contributed by atoms with Gasteiger partial charge in [0, 0.05) is 4.88 Å². The molecular weight excluding hydrogens is 353 g/mol. The van der Waals surface area contributed by atoms with E-state index in [4.69, 9.17) is 0 Å². The second-order valence-corrected chi connectivity index (χ2v) is 8.10. The summed E-state index contributed by atoms with van der Waals surface area (Å²) in [5, 5.41) is 0. The Balaban J connectivity index is 2.38. The molecule has 102 valence electrons. The largest absolute Gasteiger partial charge is 0.279 e. The average molecular weight is 364 g/mol. The number of sulfonamides is 1. The molecular formula is C12H11BrFNO2S2. The van der Waals surface area contributed by atoms with Crippen LogP contribution in [0.3, 0.4) is 0 Å². The molecule has 7 heteroatoms. The molecule has 0 amide bonds. The lowest BCUT2D eigenvalue weighted by molar-refractivity contribution is 0.603. The molecule has 0 aliphatic carbocycles. The maximum absolute atomic E-state index is 13.5. The first-order valence-electron chi connectivity index (χ1n) is 5.34. The Morgan fingerprint density at radius 2 is 1.95 bits per heavy atom. The van der Waals surface area contributed by atoms with Crippen LogP contribution in [0.1, 0.15) is 10.4 Å². The highest BCUT2D eigenvalue weighted by molar-refractivity contribution is 9.10. The molecule has 0 saturated heterocycles. The number of hydrogen-bond acceptors (Lipinski definition) is 3. The Bertz CT molecular complexity index is 725. The maximum Gasteiger partial charge on any atom is 0.271 e. The molecule has 19 heavy (non-hydrogen) atoms. The van der Waals surface area contributed by atoms with Gasteiger partial charge in [0.05, 0.1) is 10.2 Å². The van der Waals surface area contributed by atoms with Crippen molar-refractivity contribution >= 4 is 43.0 Å². The maximum atomic E-state index is 13.5. The van der Waals surface area contributed by atoms with Gasteiger partial charge in [-0.2, -0.15) is 0 Å². The molecule has 1 N–H and O–H groups in total. The topological polar surface area (TPSA) is 46.2 Å². The van der Waals surface area contributed by atoms with Crippen LogP contribution >= 0.6 is 27.3 Å². The molecule has 0 aliphatic heterocycles. The molecule has 1 aromatic carbocycles. The Labute approximate surface area is 123 Å². The molecule has 0 radical (unpaired) electrons. The van der Waals surface area contributed by atoms with E-state index in [2.05, 4.69) is 20.7 Å². The van der Waals surface area contributed by atoms with Crippen LogP contribution < -0.4 is 4.72 Å². The van der Waals surface area contributed by atoms with Crippen molar-refractivity contribution in [3.8, 4) is 0 Å². The predicted molar refractivity (Wildman–Crippen MR) is 78.7 cm³/mol. The molecule has 0 fully saturated rings. The lowest BCUT2D eigenvalue weighted by Gasteiger charge is -2.10. The molecule has 0 aliphatic rings. The molecule has 3 nitrogen and oxygen atoms in total. The quantitative estimate of drug-likeness (QED) is 0.893. The zero-order chi connectivity index (χ0) is 14.2. The molecule has 0 saturated carbocycles. The number of thiophene rings is 1. The smallest absolute Gasteiger partial charge is 0.271 e. The van der Waals surface area contributed by atoms with Gasteiger partial charge in [-0.25, -0.2) is 12.8 Å². The number of halogens is 2. The normalized spacial score (nSPS) is 11.6. The SMILES string of the molecule is Cc1ccc(S(=O)(=O)Nc2cc(F)c(Br)cc2C)s1. The Morgan fingerprint density at radius 1 is 1.26 bits per heavy atom. The molecule has 1 heterocycles. The van der Waals surface area contributed by atoms with Gasteiger partial charge < -0.3 is 0 Å². The minimum atomic E-state index is -3.66. The highest BCUT2D eigenvalue weighted by Gasteiger charge is 2.18. The van der Waals surface area contributed by atoms with E-state index in [1.807, 2.05) is 6.92 Å². The summed E-state index contributed by atoms with van der Waals surface area (Å²) in [4.78, 5) is 0.902. The third kappa shape index (κ3) is 3.16. The van der Waals surface area contributed by atoms with Crippen molar-refractivity contribution in [2.24, 2.45) is 0 Å². The summed E-state index contributed by atoms with van der Waals surface area (Å²) < 4.78 is 40.6. The predicted octanol–water partition coefficient (Wildman–Crippen LogP) is 4.07. The second-order valence-electron chi connectivity index (χ2n) is 4.05. The van der Waals surface area contributed by atoms with Crippen LogP contribution in [0, 0.1) is 19.7 Å². The van der Waals surface area contributed by atoms with E-state index in [1.165, 1.54) is 23.5 Å². The number of anilines is 1. The van der Waals surface area contributed by atoms with E-state index < -0.39 is 15.8 Å². The van der Waals surface area contributed by atoms with E-state index in [0.717, 1.165) is 10.9 Å². The van der Waals surface area contributed by atoms with Gasteiger partial charge in [0.25, 0.3) is 10.0 Å². The molecule has 0 atom stereocenters. The van der Waals surface area contributed by atoms with Crippen molar-refractivity contribution in [3.05, 3.63) is 45.0 Å². The minimum absolute atomic E-state index is 0.215. The first kappa shape index (κ1) is 14.5. The fraction of sp³-hybridized carbons (Fsp3) is 0.167. The molecule has 2 aromatic rings. The number of aryl methyl sites for hydroxylation is 2. The van der Waals surface area contributed by atoms with Crippen molar-refractivity contribution in [2.45, 2.75) is 18.1 Å². The zero-order valence-electron chi connectivity index (χ0n) is 10.2. The summed E-state index contributed by atoms with van der Waals surface area (Å²) in [7, 11) is -3.66. The Hall–Kier alpha value is -0.920. The summed E-state index contributed by atoms with van der Waals surface area (Å²) >= 11 is 4.23. The Kier molecular flexibility index (Phi) is 3.98. The summed E-state index contributed by atoms with van der Waals surface area (Å²) in [5.41, 5.74) is 0.886. The summed E-state index contributed by atoms with van der Waals surface area (Å²) in [6.45, 7) is 3.54. The highest BCUT2D eigenvalue weighted by Crippen LogP contribution is 2.28. The van der Waals surface area contributed by atoms with Gasteiger partial charge >= 0.3 is 0 Å². The molecule has 1 aromatic heterocycles. The zero-order valence-corrected chi connectivity index (χ0v) is 13.4. The van der Waals surface area contributed by atoms with E-state index in [1.54, 1.807) is 13.0 Å². The number of hydrogen-bond donors (Lipinski definition) is 1. The first-order valence-corrected chi connectivity index (χ1v) is 8.44. The van der Waals surface area contributed by atoms with Gasteiger partial charge in [-0.3, -0.25) is 4.72 Å². The summed E-state index contributed by atoms with van der Waals surface area (Å²) in [5.74, 6) is -0.509. The van der Waals surface area contributed by atoms with Gasteiger partial charge in [0.15, 0.2) is 0 Å². The molecule has 2 rings (SSSR count). The van der Waals surface area contributed by atoms with Gasteiger partial charge in [0.2, 0.25) is 0 Å². The highest BCUT2D eigenvalue weighted by atomic mass is 79.9. The van der Waals surface area contributed by atoms with E-state index >= 15 is 0 Å². The number of benzene rings is 1. The standard InChI is InChI=1S/C12H11BrFNO2S2/c1-7-5-9(13)10(14)6-11(7)15-19(16,17)12-4-3-8(2)18-12/h3-6,15H,1-2H3. The summed E-state index contributed by atoms with van der Waals surface area (Å²) in [6, 6.07) is 5.96. The van der Waals surface area contributed by atoms with Crippen LogP contribution in [0.25, 0.3) is 0 Å². The van der Waals surface area contributed by atoms with E-state index in [0.29, 0.717) is 10.0 Å². The van der Waals surface area contributed by atoms with Crippen LogP contribution in [0.4, 0.5) is 10.1 Å². The van der Waals surface area contributed by atoms with Gasteiger partial charge in [0.1, 0.15) is 10.0 Å². The molecule has 0 bridgehead atoms. The van der Waals surface area contributed by atoms with Crippen LogP contribution in [0.2, 0.25) is 0 Å². The van der Waals surface area contributed by atoms with Crippen molar-refractivity contribution in [1.29, 1.82) is 0 Å². The van der Waals surface area contributed by atoms with Crippen LogP contribution in [-0.4, -0.2) is 8.42 Å². The van der Waals surface area contributed by atoms with Crippen molar-refractivity contribution in [1.82, 2.24) is 0 Å². The molecule has 0 unspecified atom stereocenters. The minimum Gasteiger partial charge on any atom is -0.279 e. The molecule has 0 spiro atoms. The summed E-state index contributed by atoms with van der Waals surface area (Å²) in [6.07, 6.45) is 0. The van der Waals surface area contributed by atoms with Crippen LogP contribution in [-0.2, 0) is 10.0 Å². The lowest BCUT2D eigenvalue weighted by Crippen LogP contribution is -2.12. The lowest BCUT2D eigenvalue weighted by atomic mass is 10.2. The fourth-order valence-corrected chi connectivity index (χ4v) is 4.37. The monoisotopic (exact) mass is 363 g/mol. The van der Waals surface area contributed by atoms with Crippen molar-refractivity contribution < 1.29 is 12.8 Å². The third-order valence-corrected chi connectivity index (χ3v) is 5.96. The van der Waals surface area contributed by atoms with E-state index in [9.17, 15) is 12.8 Å². The van der Waals surface area contributed by atoms with E-state index in [-0.39, 0.29) is 9.90 Å². The number of nitrogens with one attached hydrogen (secondary N) is 1. The fourth-order valence-electron chi connectivity index (χ4n) is 1.51. The van der Waals surface area contributed by atoms with Gasteiger partial charge in [-0.1, -0.05) is 0 Å². The average Bonchev–Trinajstić information content (AvgIpc) is 2.73. The van der Waals surface area contributed by atoms with Crippen LogP contribution in [0.15, 0.2) is 32.9 Å². The van der Waals surface area contributed by atoms with Gasteiger partial charge in [-0.15, -0.1) is 11.3 Å². The first-order chi connectivity index (χ1) is 8.79. The van der Waals surface area contributed by atoms with Crippen LogP contribution in [0.5, 0.6) is 0 Å². The second kappa shape index (κ2) is 5.22.